The van der Waals surface area contributed by atoms with Crippen LogP contribution in [0.1, 0.15) is 11.1 Å². The Morgan fingerprint density at radius 3 is 2.16 bits per heavy atom. The van der Waals surface area contributed by atoms with Crippen LogP contribution in [0.25, 0.3) is 0 Å². The highest BCUT2D eigenvalue weighted by Gasteiger charge is 2.14. The Labute approximate surface area is 116 Å². The molecule has 2 rings (SSSR count). The molecule has 0 heterocycles. The lowest BCUT2D eigenvalue weighted by molar-refractivity contribution is 0.633. The van der Waals surface area contributed by atoms with E-state index in [0.717, 1.165) is 16.8 Å². The first-order valence-electron chi connectivity index (χ1n) is 5.76. The van der Waals surface area contributed by atoms with Gasteiger partial charge in [-0.15, -0.1) is 0 Å². The fourth-order valence-electron chi connectivity index (χ4n) is 1.98. The fraction of sp³-hybridized carbons (Fsp3) is 0.143. The summed E-state index contributed by atoms with van der Waals surface area (Å²) in [6.07, 6.45) is 0. The maximum absolute atomic E-state index is 14.1. The molecule has 0 aromatic heterocycles. The zero-order chi connectivity index (χ0) is 14.2. The van der Waals surface area contributed by atoms with Crippen molar-refractivity contribution in [2.24, 2.45) is 0 Å². The zero-order valence-corrected chi connectivity index (χ0v) is 11.5. The predicted octanol–water partition coefficient (Wildman–Crippen LogP) is 4.00. The average Bonchev–Trinajstić information content (AvgIpc) is 2.31. The van der Waals surface area contributed by atoms with E-state index in [1.165, 1.54) is 6.07 Å². The van der Waals surface area contributed by atoms with E-state index in [0.29, 0.717) is 0 Å². The van der Waals surface area contributed by atoms with Crippen molar-refractivity contribution in [3.8, 4) is 0 Å². The maximum atomic E-state index is 14.1. The Balaban J connectivity index is 2.46. The van der Waals surface area contributed by atoms with Crippen LogP contribution in [0, 0.1) is 19.7 Å². The van der Waals surface area contributed by atoms with Gasteiger partial charge in [0.15, 0.2) is 5.82 Å². The van der Waals surface area contributed by atoms with Gasteiger partial charge < -0.3 is 16.8 Å². The van der Waals surface area contributed by atoms with Crippen LogP contribution in [0.5, 0.6) is 0 Å². The van der Waals surface area contributed by atoms with Gasteiger partial charge in [0.2, 0.25) is 0 Å². The third kappa shape index (κ3) is 2.74. The molecule has 19 heavy (non-hydrogen) atoms. The topological polar surface area (TPSA) is 64.1 Å². The summed E-state index contributed by atoms with van der Waals surface area (Å²) in [5, 5.41) is 2.83. The van der Waals surface area contributed by atoms with Gasteiger partial charge in [-0.3, -0.25) is 0 Å². The van der Waals surface area contributed by atoms with Gasteiger partial charge in [-0.1, -0.05) is 17.7 Å². The number of aryl methyl sites for hydroxylation is 2. The van der Waals surface area contributed by atoms with Crippen LogP contribution in [0.3, 0.4) is 0 Å². The minimum Gasteiger partial charge on any atom is -0.397 e. The van der Waals surface area contributed by atoms with Crippen molar-refractivity contribution in [1.82, 2.24) is 0 Å². The van der Waals surface area contributed by atoms with Gasteiger partial charge in [-0.2, -0.15) is 0 Å². The Morgan fingerprint density at radius 1 is 1.00 bits per heavy atom. The lowest BCUT2D eigenvalue weighted by atomic mass is 10.1. The Kier molecular flexibility index (Phi) is 3.53. The van der Waals surface area contributed by atoms with Crippen molar-refractivity contribution >= 4 is 34.4 Å². The Bertz CT molecular complexity index is 621. The smallest absolute Gasteiger partial charge is 0.169 e. The van der Waals surface area contributed by atoms with Crippen LogP contribution in [0.2, 0.25) is 5.02 Å². The SMILES string of the molecule is Cc1cc(C)cc(Nc2c(N)cc(N)c(Cl)c2F)c1. The molecule has 0 atom stereocenters. The van der Waals surface area contributed by atoms with E-state index < -0.39 is 5.82 Å². The van der Waals surface area contributed by atoms with Crippen LogP contribution in [0.15, 0.2) is 24.3 Å². The van der Waals surface area contributed by atoms with Crippen molar-refractivity contribution in [3.05, 3.63) is 46.2 Å². The Hall–Kier alpha value is -1.94. The highest BCUT2D eigenvalue weighted by atomic mass is 35.5. The molecule has 0 saturated heterocycles. The normalized spacial score (nSPS) is 10.5. The van der Waals surface area contributed by atoms with Crippen LogP contribution in [-0.2, 0) is 0 Å². The van der Waals surface area contributed by atoms with Gasteiger partial charge in [-0.05, 0) is 43.2 Å². The lowest BCUT2D eigenvalue weighted by Crippen LogP contribution is -2.03. The summed E-state index contributed by atoms with van der Waals surface area (Å²) in [5.41, 5.74) is 14.7. The van der Waals surface area contributed by atoms with Gasteiger partial charge in [0.1, 0.15) is 5.02 Å². The molecule has 5 heteroatoms. The molecule has 2 aromatic carbocycles. The van der Waals surface area contributed by atoms with Crippen LogP contribution in [-0.4, -0.2) is 0 Å². The lowest BCUT2D eigenvalue weighted by Gasteiger charge is -2.14. The van der Waals surface area contributed by atoms with Crippen LogP contribution >= 0.6 is 11.6 Å². The summed E-state index contributed by atoms with van der Waals surface area (Å²) in [6.45, 7) is 3.93. The summed E-state index contributed by atoms with van der Waals surface area (Å²) in [4.78, 5) is 0. The van der Waals surface area contributed by atoms with Crippen molar-refractivity contribution < 1.29 is 4.39 Å². The molecule has 0 aliphatic heterocycles. The van der Waals surface area contributed by atoms with Gasteiger partial charge in [0.25, 0.3) is 0 Å². The number of hydrogen-bond acceptors (Lipinski definition) is 3. The summed E-state index contributed by atoms with van der Waals surface area (Å²) in [7, 11) is 0. The second kappa shape index (κ2) is 4.97. The van der Waals surface area contributed by atoms with Crippen LogP contribution < -0.4 is 16.8 Å². The number of benzene rings is 2. The largest absolute Gasteiger partial charge is 0.397 e. The van der Waals surface area contributed by atoms with E-state index in [2.05, 4.69) is 5.32 Å². The molecule has 0 saturated carbocycles. The van der Waals surface area contributed by atoms with Crippen LogP contribution in [0.4, 0.5) is 27.1 Å². The number of nitrogen functional groups attached to an aromatic ring is 2. The third-order valence-corrected chi connectivity index (χ3v) is 3.14. The van der Waals surface area contributed by atoms with E-state index >= 15 is 0 Å². The number of nitrogens with two attached hydrogens (primary N) is 2. The highest BCUT2D eigenvalue weighted by Crippen LogP contribution is 2.35. The van der Waals surface area contributed by atoms with Gasteiger partial charge in [0, 0.05) is 5.69 Å². The quantitative estimate of drug-likeness (QED) is 0.728. The molecule has 0 radical (unpaired) electrons. The molecule has 2 aromatic rings. The van der Waals surface area contributed by atoms with Gasteiger partial charge in [0.05, 0.1) is 17.1 Å². The maximum Gasteiger partial charge on any atom is 0.169 e. The number of anilines is 4. The number of nitrogens with one attached hydrogen (secondary N) is 1. The summed E-state index contributed by atoms with van der Waals surface area (Å²) >= 11 is 5.79. The molecule has 0 bridgehead atoms. The van der Waals surface area contributed by atoms with Gasteiger partial charge in [-0.25, -0.2) is 4.39 Å². The van der Waals surface area contributed by atoms with E-state index in [1.807, 2.05) is 32.0 Å². The molecule has 0 spiro atoms. The van der Waals surface area contributed by atoms with Crippen molar-refractivity contribution in [2.75, 3.05) is 16.8 Å². The van der Waals surface area contributed by atoms with E-state index in [1.54, 1.807) is 0 Å². The first kappa shape index (κ1) is 13.5. The van der Waals surface area contributed by atoms with Crippen molar-refractivity contribution in [1.29, 1.82) is 0 Å². The van der Waals surface area contributed by atoms with Crippen molar-refractivity contribution in [3.63, 3.8) is 0 Å². The summed E-state index contributed by atoms with van der Waals surface area (Å²) < 4.78 is 14.1. The number of rotatable bonds is 2. The number of halogens is 2. The molecule has 0 aliphatic rings. The standard InChI is InChI=1S/C14H15ClFN3/c1-7-3-8(2)5-9(4-7)19-14-11(18)6-10(17)12(15)13(14)16/h3-6,19H,17-18H2,1-2H3. The van der Waals surface area contributed by atoms with E-state index in [9.17, 15) is 4.39 Å². The molecular formula is C14H15ClFN3. The first-order valence-corrected chi connectivity index (χ1v) is 6.14. The second-order valence-corrected chi connectivity index (χ2v) is 4.94. The third-order valence-electron chi connectivity index (χ3n) is 2.76. The molecule has 0 aliphatic carbocycles. The molecule has 3 nitrogen and oxygen atoms in total. The second-order valence-electron chi connectivity index (χ2n) is 4.56. The molecule has 0 amide bonds. The molecule has 0 unspecified atom stereocenters. The summed E-state index contributed by atoms with van der Waals surface area (Å²) in [5.74, 6) is -0.640. The predicted molar refractivity (Wildman–Crippen MR) is 79.4 cm³/mol. The fourth-order valence-corrected chi connectivity index (χ4v) is 2.13. The first-order chi connectivity index (χ1) is 8.88. The molecular weight excluding hydrogens is 265 g/mol. The highest BCUT2D eigenvalue weighted by molar-refractivity contribution is 6.33. The van der Waals surface area contributed by atoms with E-state index in [4.69, 9.17) is 23.1 Å². The molecule has 100 valence electrons. The average molecular weight is 280 g/mol. The van der Waals surface area contributed by atoms with E-state index in [-0.39, 0.29) is 22.1 Å². The zero-order valence-electron chi connectivity index (χ0n) is 10.7. The Morgan fingerprint density at radius 2 is 1.58 bits per heavy atom. The van der Waals surface area contributed by atoms with Gasteiger partial charge >= 0.3 is 0 Å². The number of hydrogen-bond donors (Lipinski definition) is 3. The van der Waals surface area contributed by atoms with Crippen molar-refractivity contribution in [2.45, 2.75) is 13.8 Å². The summed E-state index contributed by atoms with van der Waals surface area (Å²) in [6, 6.07) is 7.27. The monoisotopic (exact) mass is 279 g/mol. The minimum absolute atomic E-state index is 0.124. The minimum atomic E-state index is -0.640. The molecule has 5 N–H and O–H groups in total. The molecule has 0 fully saturated rings.